The lowest BCUT2D eigenvalue weighted by atomic mass is 10.2. The minimum absolute atomic E-state index is 0.00870. The van der Waals surface area contributed by atoms with Gasteiger partial charge in [0.25, 0.3) is 0 Å². The second-order valence-electron chi connectivity index (χ2n) is 5.22. The molecule has 0 unspecified atom stereocenters. The van der Waals surface area contributed by atoms with E-state index < -0.39 is 22.5 Å². The summed E-state index contributed by atoms with van der Waals surface area (Å²) < 4.78 is 26.0. The number of ketones is 1. The number of hydrogen-bond acceptors (Lipinski definition) is 4. The largest absolute Gasteiger partial charge is 0.480 e. The molecular formula is C14H17NO5S. The number of carboxylic acid groups (broad SMARTS) is 1. The standard InChI is InChI=1S/C14H17NO5S/c1-10(16)12-4-6-13(7-5-12)21(19,20)15(9-14(17)18)8-11-2-3-11/h4-7,11H,2-3,8-9H2,1H3,(H,17,18). The molecule has 0 amide bonds. The van der Waals surface area contributed by atoms with Gasteiger partial charge in [-0.05, 0) is 37.8 Å². The molecule has 1 aromatic rings. The zero-order chi connectivity index (χ0) is 15.6. The van der Waals surface area contributed by atoms with E-state index in [1.165, 1.54) is 31.2 Å². The smallest absolute Gasteiger partial charge is 0.318 e. The van der Waals surface area contributed by atoms with Gasteiger partial charge in [-0.2, -0.15) is 4.31 Å². The van der Waals surface area contributed by atoms with Crippen LogP contribution in [0.3, 0.4) is 0 Å². The van der Waals surface area contributed by atoms with Gasteiger partial charge in [0.2, 0.25) is 10.0 Å². The maximum atomic E-state index is 12.5. The highest BCUT2D eigenvalue weighted by Gasteiger charge is 2.32. The van der Waals surface area contributed by atoms with Crippen molar-refractivity contribution in [1.29, 1.82) is 0 Å². The Morgan fingerprint density at radius 3 is 2.24 bits per heavy atom. The summed E-state index contributed by atoms with van der Waals surface area (Å²) in [6.07, 6.45) is 1.85. The fraction of sp³-hybridized carbons (Fsp3) is 0.429. The van der Waals surface area contributed by atoms with E-state index in [-0.39, 0.29) is 23.1 Å². The number of rotatable bonds is 7. The Bertz CT molecular complexity index is 646. The van der Waals surface area contributed by atoms with Gasteiger partial charge in [-0.1, -0.05) is 12.1 Å². The van der Waals surface area contributed by atoms with Crippen LogP contribution >= 0.6 is 0 Å². The summed E-state index contributed by atoms with van der Waals surface area (Å²) in [5, 5.41) is 8.89. The van der Waals surface area contributed by atoms with Crippen LogP contribution in [0.2, 0.25) is 0 Å². The highest BCUT2D eigenvalue weighted by atomic mass is 32.2. The summed E-state index contributed by atoms with van der Waals surface area (Å²) in [6.45, 7) is 1.07. The minimum atomic E-state index is -3.85. The van der Waals surface area contributed by atoms with E-state index in [2.05, 4.69) is 0 Å². The quantitative estimate of drug-likeness (QED) is 0.768. The van der Waals surface area contributed by atoms with Crippen LogP contribution < -0.4 is 0 Å². The van der Waals surface area contributed by atoms with Gasteiger partial charge in [0.15, 0.2) is 5.78 Å². The first-order valence-electron chi connectivity index (χ1n) is 6.63. The van der Waals surface area contributed by atoms with Crippen molar-refractivity contribution in [3.8, 4) is 0 Å². The summed E-state index contributed by atoms with van der Waals surface area (Å²) in [4.78, 5) is 22.1. The van der Waals surface area contributed by atoms with Crippen molar-refractivity contribution in [2.75, 3.05) is 13.1 Å². The molecule has 0 aromatic heterocycles. The first-order chi connectivity index (χ1) is 9.80. The van der Waals surface area contributed by atoms with Gasteiger partial charge >= 0.3 is 5.97 Å². The fourth-order valence-corrected chi connectivity index (χ4v) is 3.46. The van der Waals surface area contributed by atoms with Gasteiger partial charge in [0.1, 0.15) is 6.54 Å². The molecule has 114 valence electrons. The van der Waals surface area contributed by atoms with E-state index in [4.69, 9.17) is 5.11 Å². The van der Waals surface area contributed by atoms with Crippen molar-refractivity contribution in [2.45, 2.75) is 24.7 Å². The zero-order valence-corrected chi connectivity index (χ0v) is 12.5. The van der Waals surface area contributed by atoms with Crippen molar-refractivity contribution in [2.24, 2.45) is 5.92 Å². The predicted molar refractivity (Wildman–Crippen MR) is 75.6 cm³/mol. The lowest BCUT2D eigenvalue weighted by Crippen LogP contribution is -2.37. The SMILES string of the molecule is CC(=O)c1ccc(S(=O)(=O)N(CC(=O)O)CC2CC2)cc1. The molecule has 1 aliphatic rings. The van der Waals surface area contributed by atoms with Crippen LogP contribution in [0.5, 0.6) is 0 Å². The monoisotopic (exact) mass is 311 g/mol. The molecule has 0 aliphatic heterocycles. The van der Waals surface area contributed by atoms with Gasteiger partial charge in [0, 0.05) is 12.1 Å². The predicted octanol–water partition coefficient (Wildman–Crippen LogP) is 1.37. The Hall–Kier alpha value is -1.73. The normalized spacial score (nSPS) is 15.1. The third kappa shape index (κ3) is 3.89. The summed E-state index contributed by atoms with van der Waals surface area (Å²) in [5.41, 5.74) is 0.418. The van der Waals surface area contributed by atoms with E-state index in [0.29, 0.717) is 5.56 Å². The van der Waals surface area contributed by atoms with Gasteiger partial charge in [-0.15, -0.1) is 0 Å². The average Bonchev–Trinajstić information content (AvgIpc) is 3.21. The molecule has 0 heterocycles. The second kappa shape index (κ2) is 5.95. The number of carbonyl (C=O) groups excluding carboxylic acids is 1. The van der Waals surface area contributed by atoms with Crippen LogP contribution in [-0.2, 0) is 14.8 Å². The lowest BCUT2D eigenvalue weighted by Gasteiger charge is -2.20. The highest BCUT2D eigenvalue weighted by molar-refractivity contribution is 7.89. The van der Waals surface area contributed by atoms with Crippen molar-refractivity contribution in [1.82, 2.24) is 4.31 Å². The molecule has 0 spiro atoms. The van der Waals surface area contributed by atoms with E-state index in [9.17, 15) is 18.0 Å². The molecule has 2 rings (SSSR count). The molecular weight excluding hydrogens is 294 g/mol. The van der Waals surface area contributed by atoms with Crippen molar-refractivity contribution in [3.05, 3.63) is 29.8 Å². The molecule has 1 saturated carbocycles. The Morgan fingerprint density at radius 1 is 1.24 bits per heavy atom. The lowest BCUT2D eigenvalue weighted by molar-refractivity contribution is -0.137. The van der Waals surface area contributed by atoms with E-state index >= 15 is 0 Å². The third-order valence-electron chi connectivity index (χ3n) is 3.37. The Morgan fingerprint density at radius 2 is 1.81 bits per heavy atom. The zero-order valence-electron chi connectivity index (χ0n) is 11.7. The molecule has 0 saturated heterocycles. The average molecular weight is 311 g/mol. The number of carbonyl (C=O) groups is 2. The summed E-state index contributed by atoms with van der Waals surface area (Å²) in [5.74, 6) is -1.09. The molecule has 6 nitrogen and oxygen atoms in total. The van der Waals surface area contributed by atoms with E-state index in [1.807, 2.05) is 0 Å². The Balaban J connectivity index is 2.27. The Labute approximate surface area is 123 Å². The van der Waals surface area contributed by atoms with Crippen molar-refractivity contribution in [3.63, 3.8) is 0 Å². The number of carboxylic acids is 1. The summed E-state index contributed by atoms with van der Waals surface area (Å²) in [7, 11) is -3.85. The number of nitrogens with zero attached hydrogens (tertiary/aromatic N) is 1. The second-order valence-corrected chi connectivity index (χ2v) is 7.15. The van der Waals surface area contributed by atoms with Crippen molar-refractivity contribution >= 4 is 21.8 Å². The van der Waals surface area contributed by atoms with Gasteiger partial charge in [-0.25, -0.2) is 8.42 Å². The molecule has 0 atom stereocenters. The molecule has 21 heavy (non-hydrogen) atoms. The summed E-state index contributed by atoms with van der Waals surface area (Å²) in [6, 6.07) is 5.55. The van der Waals surface area contributed by atoms with Gasteiger partial charge in [0.05, 0.1) is 4.90 Å². The first-order valence-corrected chi connectivity index (χ1v) is 8.07. The number of sulfonamides is 1. The summed E-state index contributed by atoms with van der Waals surface area (Å²) >= 11 is 0. The molecule has 0 radical (unpaired) electrons. The van der Waals surface area contributed by atoms with Crippen LogP contribution in [0.15, 0.2) is 29.2 Å². The molecule has 1 aliphatic carbocycles. The first kappa shape index (κ1) is 15.7. The topological polar surface area (TPSA) is 91.8 Å². The number of hydrogen-bond donors (Lipinski definition) is 1. The minimum Gasteiger partial charge on any atom is -0.480 e. The van der Waals surface area contributed by atoms with Gasteiger partial charge < -0.3 is 5.11 Å². The maximum absolute atomic E-state index is 12.5. The van der Waals surface area contributed by atoms with E-state index in [0.717, 1.165) is 17.1 Å². The van der Waals surface area contributed by atoms with E-state index in [1.54, 1.807) is 0 Å². The van der Waals surface area contributed by atoms with Crippen LogP contribution in [0.25, 0.3) is 0 Å². The molecule has 1 aromatic carbocycles. The number of aliphatic carboxylic acids is 1. The van der Waals surface area contributed by atoms with Crippen LogP contribution in [-0.4, -0.2) is 42.7 Å². The number of benzene rings is 1. The van der Waals surface area contributed by atoms with Crippen LogP contribution in [0.4, 0.5) is 0 Å². The Kier molecular flexibility index (Phi) is 4.43. The molecule has 7 heteroatoms. The third-order valence-corrected chi connectivity index (χ3v) is 5.19. The number of Topliss-reactive ketones (excluding diaryl/α,β-unsaturated/α-hetero) is 1. The molecule has 1 fully saturated rings. The highest BCUT2D eigenvalue weighted by Crippen LogP contribution is 2.31. The molecule has 0 bridgehead atoms. The van der Waals surface area contributed by atoms with Crippen LogP contribution in [0.1, 0.15) is 30.1 Å². The van der Waals surface area contributed by atoms with Crippen LogP contribution in [0, 0.1) is 5.92 Å². The fourth-order valence-electron chi connectivity index (χ4n) is 2.00. The molecule has 1 N–H and O–H groups in total. The van der Waals surface area contributed by atoms with Crippen molar-refractivity contribution < 1.29 is 23.1 Å². The van der Waals surface area contributed by atoms with Gasteiger partial charge in [-0.3, -0.25) is 9.59 Å². The maximum Gasteiger partial charge on any atom is 0.318 e.